The minimum absolute atomic E-state index is 0.124. The van der Waals surface area contributed by atoms with Gasteiger partial charge < -0.3 is 20.1 Å². The Morgan fingerprint density at radius 2 is 1.25 bits per heavy atom. The van der Waals surface area contributed by atoms with E-state index >= 15 is 0 Å². The summed E-state index contributed by atoms with van der Waals surface area (Å²) in [6, 6.07) is 7.24. The third-order valence-electron chi connectivity index (χ3n) is 5.02. The van der Waals surface area contributed by atoms with Gasteiger partial charge >= 0.3 is 11.9 Å². The highest BCUT2D eigenvalue weighted by atomic mass is 35.5. The molecule has 1 aromatic carbocycles. The number of amides is 2. The van der Waals surface area contributed by atoms with Gasteiger partial charge in [0.05, 0.1) is 36.1 Å². The van der Waals surface area contributed by atoms with Crippen molar-refractivity contribution in [3.63, 3.8) is 0 Å². The van der Waals surface area contributed by atoms with E-state index in [0.717, 1.165) is 11.1 Å². The maximum Gasteiger partial charge on any atom is 0.328 e. The Kier molecular flexibility index (Phi) is 15.9. The Bertz CT molecular complexity index is 1110. The molecule has 2 aromatic rings. The second kappa shape index (κ2) is 18.2. The summed E-state index contributed by atoms with van der Waals surface area (Å²) in [6.45, 7) is 11.7. The lowest BCUT2D eigenvalue weighted by Gasteiger charge is -2.14. The fourth-order valence-electron chi connectivity index (χ4n) is 2.97. The van der Waals surface area contributed by atoms with Gasteiger partial charge in [0.15, 0.2) is 0 Å². The molecule has 1 heterocycles. The van der Waals surface area contributed by atoms with E-state index in [1.54, 1.807) is 50.5 Å². The van der Waals surface area contributed by atoms with E-state index < -0.39 is 24.0 Å². The summed E-state index contributed by atoms with van der Waals surface area (Å²) in [6.07, 6.45) is 3.60. The van der Waals surface area contributed by atoms with Crippen LogP contribution < -0.4 is 10.6 Å². The zero-order valence-corrected chi connectivity index (χ0v) is 25.3. The summed E-state index contributed by atoms with van der Waals surface area (Å²) in [5.41, 5.74) is 1.53. The number of halogens is 2. The predicted molar refractivity (Wildman–Crippen MR) is 155 cm³/mol. The fourth-order valence-corrected chi connectivity index (χ4v) is 3.29. The van der Waals surface area contributed by atoms with Gasteiger partial charge in [-0.2, -0.15) is 0 Å². The molecular formula is C29H39Cl2N3O6. The molecule has 2 atom stereocenters. The van der Waals surface area contributed by atoms with Gasteiger partial charge in [-0.15, -0.1) is 0 Å². The van der Waals surface area contributed by atoms with Gasteiger partial charge in [-0.25, -0.2) is 9.59 Å². The van der Waals surface area contributed by atoms with E-state index in [0.29, 0.717) is 23.3 Å². The lowest BCUT2D eigenvalue weighted by molar-refractivity contribution is -0.148. The van der Waals surface area contributed by atoms with Crippen molar-refractivity contribution in [1.82, 2.24) is 15.6 Å². The molecule has 2 N–H and O–H groups in total. The summed E-state index contributed by atoms with van der Waals surface area (Å²) in [5, 5.41) is 6.04. The van der Waals surface area contributed by atoms with Gasteiger partial charge in [0.25, 0.3) is 0 Å². The van der Waals surface area contributed by atoms with Crippen LogP contribution in [-0.4, -0.2) is 54.0 Å². The van der Waals surface area contributed by atoms with Crippen LogP contribution in [0, 0.1) is 11.8 Å². The lowest BCUT2D eigenvalue weighted by Crippen LogP contribution is -2.40. The number of pyridine rings is 1. The smallest absolute Gasteiger partial charge is 0.328 e. The average Bonchev–Trinajstić information content (AvgIpc) is 2.88. The Labute approximate surface area is 246 Å². The molecule has 0 aliphatic heterocycles. The SMILES string of the molecule is CC(C)COC(=O)C(C)NC(=O)Cc1ccc(Cl)c(Cl)c1.CC(C)COC(=O)C(C)NC(=O)Cc1cccnc1. The normalized spacial score (nSPS) is 12.1. The molecule has 0 aliphatic rings. The molecule has 0 radical (unpaired) electrons. The van der Waals surface area contributed by atoms with Crippen LogP contribution in [0.25, 0.3) is 0 Å². The van der Waals surface area contributed by atoms with E-state index in [2.05, 4.69) is 15.6 Å². The Morgan fingerprint density at radius 1 is 0.750 bits per heavy atom. The van der Waals surface area contributed by atoms with Crippen molar-refractivity contribution in [2.45, 2.75) is 66.5 Å². The highest BCUT2D eigenvalue weighted by Gasteiger charge is 2.18. The van der Waals surface area contributed by atoms with Crippen LogP contribution in [0.15, 0.2) is 42.7 Å². The first-order valence-corrected chi connectivity index (χ1v) is 13.8. The van der Waals surface area contributed by atoms with E-state index in [4.69, 9.17) is 32.7 Å². The Morgan fingerprint density at radius 3 is 1.68 bits per heavy atom. The second-order valence-electron chi connectivity index (χ2n) is 10.1. The van der Waals surface area contributed by atoms with E-state index in [1.165, 1.54) is 0 Å². The summed E-state index contributed by atoms with van der Waals surface area (Å²) in [4.78, 5) is 50.8. The minimum atomic E-state index is -0.681. The maximum absolute atomic E-state index is 11.9. The molecule has 40 heavy (non-hydrogen) atoms. The Balaban J connectivity index is 0.000000402. The van der Waals surface area contributed by atoms with Crippen molar-refractivity contribution in [1.29, 1.82) is 0 Å². The summed E-state index contributed by atoms with van der Waals surface area (Å²) >= 11 is 11.7. The molecule has 0 fully saturated rings. The number of carbonyl (C=O) groups is 4. The molecule has 1 aromatic heterocycles. The van der Waals surface area contributed by atoms with Crippen LogP contribution in [0.4, 0.5) is 0 Å². The number of aromatic nitrogens is 1. The molecule has 0 bridgehead atoms. The molecule has 220 valence electrons. The summed E-state index contributed by atoms with van der Waals surface area (Å²) in [7, 11) is 0. The molecule has 0 spiro atoms. The van der Waals surface area contributed by atoms with Crippen molar-refractivity contribution in [2.75, 3.05) is 13.2 Å². The fraction of sp³-hybridized carbons (Fsp3) is 0.483. The summed E-state index contributed by atoms with van der Waals surface area (Å²) in [5.74, 6) is -0.806. The van der Waals surface area contributed by atoms with Crippen LogP contribution in [0.2, 0.25) is 10.0 Å². The van der Waals surface area contributed by atoms with Gasteiger partial charge in [-0.3, -0.25) is 14.6 Å². The number of ether oxygens (including phenoxy) is 2. The van der Waals surface area contributed by atoms with Gasteiger partial charge in [0.1, 0.15) is 12.1 Å². The van der Waals surface area contributed by atoms with Crippen LogP contribution >= 0.6 is 23.2 Å². The quantitative estimate of drug-likeness (QED) is 0.344. The number of benzene rings is 1. The third kappa shape index (κ3) is 14.8. The van der Waals surface area contributed by atoms with Crippen LogP contribution in [0.1, 0.15) is 52.7 Å². The zero-order chi connectivity index (χ0) is 30.2. The molecule has 9 nitrogen and oxygen atoms in total. The zero-order valence-electron chi connectivity index (χ0n) is 23.8. The number of hydrogen-bond donors (Lipinski definition) is 2. The van der Waals surface area contributed by atoms with Crippen LogP contribution in [0.5, 0.6) is 0 Å². The lowest BCUT2D eigenvalue weighted by atomic mass is 10.1. The van der Waals surface area contributed by atoms with Crippen LogP contribution in [0.3, 0.4) is 0 Å². The molecule has 2 unspecified atom stereocenters. The maximum atomic E-state index is 11.9. The van der Waals surface area contributed by atoms with E-state index in [-0.39, 0.29) is 36.5 Å². The van der Waals surface area contributed by atoms with E-state index in [9.17, 15) is 19.2 Å². The van der Waals surface area contributed by atoms with Gasteiger partial charge in [0, 0.05) is 12.4 Å². The number of rotatable bonds is 12. The number of nitrogens with one attached hydrogen (secondary N) is 2. The van der Waals surface area contributed by atoms with Crippen molar-refractivity contribution in [3.05, 3.63) is 63.9 Å². The molecule has 2 rings (SSSR count). The molecule has 11 heteroatoms. The molecule has 0 saturated heterocycles. The predicted octanol–water partition coefficient (Wildman–Crippen LogP) is 4.57. The number of hydrogen-bond acceptors (Lipinski definition) is 7. The first kappa shape index (κ1) is 34.9. The minimum Gasteiger partial charge on any atom is -0.464 e. The Hall–Kier alpha value is -3.17. The van der Waals surface area contributed by atoms with E-state index in [1.807, 2.05) is 33.8 Å². The topological polar surface area (TPSA) is 124 Å². The number of carbonyl (C=O) groups excluding carboxylic acids is 4. The largest absolute Gasteiger partial charge is 0.464 e. The highest BCUT2D eigenvalue weighted by molar-refractivity contribution is 6.42. The molecule has 2 amide bonds. The average molecular weight is 597 g/mol. The highest BCUT2D eigenvalue weighted by Crippen LogP contribution is 2.22. The summed E-state index contributed by atoms with van der Waals surface area (Å²) < 4.78 is 10.1. The number of nitrogens with zero attached hydrogens (tertiary/aromatic N) is 1. The van der Waals surface area contributed by atoms with Gasteiger partial charge in [-0.05, 0) is 55.0 Å². The van der Waals surface area contributed by atoms with Gasteiger partial charge in [-0.1, -0.05) is 63.0 Å². The van der Waals surface area contributed by atoms with Gasteiger partial charge in [0.2, 0.25) is 11.8 Å². The van der Waals surface area contributed by atoms with Crippen LogP contribution in [-0.2, 0) is 41.5 Å². The monoisotopic (exact) mass is 595 g/mol. The second-order valence-corrected chi connectivity index (χ2v) is 10.9. The standard InChI is InChI=1S/C15H19Cl2NO3.C14H20N2O3/c1-9(2)8-21-15(20)10(3)18-14(19)7-11-4-5-12(16)13(17)6-11;1-10(2)9-19-14(18)11(3)16-13(17)7-12-5-4-6-15-8-12/h4-6,9-10H,7-8H2,1-3H3,(H,18,19);4-6,8,10-11H,7,9H2,1-3H3,(H,16,17). The first-order valence-electron chi connectivity index (χ1n) is 13.0. The first-order chi connectivity index (χ1) is 18.8. The number of esters is 2. The molecular weight excluding hydrogens is 557 g/mol. The molecule has 0 saturated carbocycles. The van der Waals surface area contributed by atoms with Crippen molar-refractivity contribution >= 4 is 47.0 Å². The van der Waals surface area contributed by atoms with Crippen molar-refractivity contribution in [3.8, 4) is 0 Å². The van der Waals surface area contributed by atoms with Crippen molar-refractivity contribution in [2.24, 2.45) is 11.8 Å². The third-order valence-corrected chi connectivity index (χ3v) is 5.76. The molecule has 0 aliphatic carbocycles. The van der Waals surface area contributed by atoms with Crippen molar-refractivity contribution < 1.29 is 28.7 Å².